The molecule has 0 spiro atoms. The first-order chi connectivity index (χ1) is 9.49. The Morgan fingerprint density at radius 3 is 2.45 bits per heavy atom. The van der Waals surface area contributed by atoms with Gasteiger partial charge >= 0.3 is 0 Å². The Bertz CT molecular complexity index is 536. The Morgan fingerprint density at radius 2 is 1.80 bits per heavy atom. The number of hydrogen-bond acceptors (Lipinski definition) is 2. The van der Waals surface area contributed by atoms with Gasteiger partial charge in [0.1, 0.15) is 5.82 Å². The molecule has 1 aliphatic rings. The standard InChI is InChI=1S/C14H16BrFN2O2/c1-10(19)17-5-2-6-18(8-7-17)14(20)11-3-4-13(16)12(15)9-11/h3-4,9H,2,5-8H2,1H3. The molecule has 0 atom stereocenters. The van der Waals surface area contributed by atoms with Gasteiger partial charge in [0.15, 0.2) is 0 Å². The van der Waals surface area contributed by atoms with Crippen molar-refractivity contribution in [3.8, 4) is 0 Å². The maximum absolute atomic E-state index is 13.2. The Balaban J connectivity index is 2.09. The Morgan fingerprint density at radius 1 is 1.15 bits per heavy atom. The van der Waals surface area contributed by atoms with E-state index in [2.05, 4.69) is 15.9 Å². The molecule has 1 saturated heterocycles. The van der Waals surface area contributed by atoms with Crippen LogP contribution in [0.2, 0.25) is 0 Å². The maximum atomic E-state index is 13.2. The smallest absolute Gasteiger partial charge is 0.253 e. The Labute approximate surface area is 125 Å². The predicted molar refractivity (Wildman–Crippen MR) is 76.9 cm³/mol. The first kappa shape index (κ1) is 15.0. The minimum absolute atomic E-state index is 0.0313. The second-order valence-electron chi connectivity index (χ2n) is 4.78. The molecule has 20 heavy (non-hydrogen) atoms. The van der Waals surface area contributed by atoms with Gasteiger partial charge in [-0.3, -0.25) is 9.59 Å². The number of halogens is 2. The van der Waals surface area contributed by atoms with E-state index >= 15 is 0 Å². The lowest BCUT2D eigenvalue weighted by atomic mass is 10.2. The van der Waals surface area contributed by atoms with Gasteiger partial charge in [0.05, 0.1) is 4.47 Å². The van der Waals surface area contributed by atoms with Crippen LogP contribution in [-0.2, 0) is 4.79 Å². The molecular weight excluding hydrogens is 327 g/mol. The van der Waals surface area contributed by atoms with Crippen molar-refractivity contribution in [1.82, 2.24) is 9.80 Å². The van der Waals surface area contributed by atoms with E-state index in [1.807, 2.05) is 0 Å². The molecule has 6 heteroatoms. The van der Waals surface area contributed by atoms with E-state index in [-0.39, 0.29) is 22.1 Å². The molecule has 1 aliphatic heterocycles. The van der Waals surface area contributed by atoms with Gasteiger partial charge in [-0.25, -0.2) is 4.39 Å². The molecule has 1 fully saturated rings. The monoisotopic (exact) mass is 342 g/mol. The largest absolute Gasteiger partial charge is 0.341 e. The van der Waals surface area contributed by atoms with Crippen molar-refractivity contribution in [2.75, 3.05) is 26.2 Å². The van der Waals surface area contributed by atoms with Crippen molar-refractivity contribution in [2.24, 2.45) is 0 Å². The Hall–Kier alpha value is -1.43. The van der Waals surface area contributed by atoms with Gasteiger partial charge in [0.25, 0.3) is 5.91 Å². The summed E-state index contributed by atoms with van der Waals surface area (Å²) in [6, 6.07) is 4.25. The molecule has 0 aliphatic carbocycles. The zero-order valence-corrected chi connectivity index (χ0v) is 12.8. The average Bonchev–Trinajstić information content (AvgIpc) is 2.67. The SMILES string of the molecule is CC(=O)N1CCCN(C(=O)c2ccc(F)c(Br)c2)CC1. The van der Waals surface area contributed by atoms with E-state index in [1.165, 1.54) is 25.1 Å². The molecule has 1 aromatic rings. The fourth-order valence-corrected chi connectivity index (χ4v) is 2.63. The topological polar surface area (TPSA) is 40.6 Å². The highest BCUT2D eigenvalue weighted by molar-refractivity contribution is 9.10. The first-order valence-corrected chi connectivity index (χ1v) is 7.28. The molecule has 2 rings (SSSR count). The number of nitrogens with zero attached hydrogens (tertiary/aromatic N) is 2. The summed E-state index contributed by atoms with van der Waals surface area (Å²) < 4.78 is 13.5. The molecule has 0 bridgehead atoms. The highest BCUT2D eigenvalue weighted by atomic mass is 79.9. The molecule has 0 saturated carbocycles. The van der Waals surface area contributed by atoms with Crippen LogP contribution in [0.5, 0.6) is 0 Å². The van der Waals surface area contributed by atoms with Crippen LogP contribution in [0, 0.1) is 5.82 Å². The van der Waals surface area contributed by atoms with Crippen molar-refractivity contribution in [3.05, 3.63) is 34.1 Å². The van der Waals surface area contributed by atoms with Crippen molar-refractivity contribution in [3.63, 3.8) is 0 Å². The van der Waals surface area contributed by atoms with Crippen molar-refractivity contribution < 1.29 is 14.0 Å². The number of carbonyl (C=O) groups is 2. The number of carbonyl (C=O) groups excluding carboxylic acids is 2. The van der Waals surface area contributed by atoms with E-state index in [9.17, 15) is 14.0 Å². The Kier molecular flexibility index (Phi) is 4.75. The zero-order chi connectivity index (χ0) is 14.7. The molecule has 0 radical (unpaired) electrons. The van der Waals surface area contributed by atoms with Crippen LogP contribution in [0.4, 0.5) is 4.39 Å². The third-order valence-corrected chi connectivity index (χ3v) is 4.00. The molecular formula is C14H16BrFN2O2. The summed E-state index contributed by atoms with van der Waals surface area (Å²) in [6.07, 6.45) is 0.758. The van der Waals surface area contributed by atoms with Crippen LogP contribution >= 0.6 is 15.9 Å². The van der Waals surface area contributed by atoms with Gasteiger partial charge in [-0.1, -0.05) is 0 Å². The fraction of sp³-hybridized carbons (Fsp3) is 0.429. The van der Waals surface area contributed by atoms with E-state index in [4.69, 9.17) is 0 Å². The van der Waals surface area contributed by atoms with Gasteiger partial charge in [0.2, 0.25) is 5.91 Å². The minimum Gasteiger partial charge on any atom is -0.341 e. The van der Waals surface area contributed by atoms with Crippen LogP contribution in [0.25, 0.3) is 0 Å². The second-order valence-corrected chi connectivity index (χ2v) is 5.64. The third kappa shape index (κ3) is 3.36. The lowest BCUT2D eigenvalue weighted by Crippen LogP contribution is -2.36. The average molecular weight is 343 g/mol. The second kappa shape index (κ2) is 6.35. The lowest BCUT2D eigenvalue weighted by molar-refractivity contribution is -0.128. The molecule has 1 heterocycles. The summed E-state index contributed by atoms with van der Waals surface area (Å²) in [6.45, 7) is 3.87. The van der Waals surface area contributed by atoms with E-state index in [1.54, 1.807) is 9.80 Å². The number of amides is 2. The quantitative estimate of drug-likeness (QED) is 0.785. The zero-order valence-electron chi connectivity index (χ0n) is 11.2. The number of rotatable bonds is 1. The van der Waals surface area contributed by atoms with Gasteiger partial charge in [0, 0.05) is 38.7 Å². The summed E-state index contributed by atoms with van der Waals surface area (Å²) >= 11 is 3.08. The summed E-state index contributed by atoms with van der Waals surface area (Å²) in [5.74, 6) is -0.486. The van der Waals surface area contributed by atoms with Gasteiger partial charge in [-0.05, 0) is 40.5 Å². The van der Waals surface area contributed by atoms with Crippen LogP contribution < -0.4 is 0 Å². The van der Waals surface area contributed by atoms with Crippen molar-refractivity contribution in [1.29, 1.82) is 0 Å². The van der Waals surface area contributed by atoms with Gasteiger partial charge < -0.3 is 9.80 Å². The minimum atomic E-state index is -0.389. The summed E-state index contributed by atoms with van der Waals surface area (Å²) in [5.41, 5.74) is 0.453. The summed E-state index contributed by atoms with van der Waals surface area (Å²) in [4.78, 5) is 27.2. The molecule has 108 valence electrons. The van der Waals surface area contributed by atoms with Crippen molar-refractivity contribution in [2.45, 2.75) is 13.3 Å². The predicted octanol–water partition coefficient (Wildman–Crippen LogP) is 2.28. The molecule has 0 aromatic heterocycles. The number of benzene rings is 1. The molecule has 4 nitrogen and oxygen atoms in total. The van der Waals surface area contributed by atoms with Crippen LogP contribution in [0.3, 0.4) is 0 Å². The molecule has 0 unspecified atom stereocenters. The van der Waals surface area contributed by atoms with E-state index in [0.29, 0.717) is 31.7 Å². The third-order valence-electron chi connectivity index (χ3n) is 3.39. The summed E-state index contributed by atoms with van der Waals surface area (Å²) in [5, 5.41) is 0. The summed E-state index contributed by atoms with van der Waals surface area (Å²) in [7, 11) is 0. The van der Waals surface area contributed by atoms with Crippen molar-refractivity contribution >= 4 is 27.7 Å². The number of hydrogen-bond donors (Lipinski definition) is 0. The van der Waals surface area contributed by atoms with E-state index in [0.717, 1.165) is 6.42 Å². The van der Waals surface area contributed by atoms with Gasteiger partial charge in [-0.15, -0.1) is 0 Å². The highest BCUT2D eigenvalue weighted by Gasteiger charge is 2.21. The highest BCUT2D eigenvalue weighted by Crippen LogP contribution is 2.18. The molecule has 0 N–H and O–H groups in total. The first-order valence-electron chi connectivity index (χ1n) is 6.49. The van der Waals surface area contributed by atoms with Crippen LogP contribution in [-0.4, -0.2) is 47.8 Å². The van der Waals surface area contributed by atoms with Gasteiger partial charge in [-0.2, -0.15) is 0 Å². The lowest BCUT2D eigenvalue weighted by Gasteiger charge is -2.21. The van der Waals surface area contributed by atoms with Crippen LogP contribution in [0.15, 0.2) is 22.7 Å². The molecule has 1 aromatic carbocycles. The normalized spacial score (nSPS) is 15.9. The molecule has 2 amide bonds. The van der Waals surface area contributed by atoms with Crippen LogP contribution in [0.1, 0.15) is 23.7 Å². The maximum Gasteiger partial charge on any atom is 0.253 e. The fourth-order valence-electron chi connectivity index (χ4n) is 2.25. The van der Waals surface area contributed by atoms with E-state index < -0.39 is 0 Å².